The second-order valence-corrected chi connectivity index (χ2v) is 6.26. The van der Waals surface area contributed by atoms with E-state index in [-0.39, 0.29) is 18.7 Å². The van der Waals surface area contributed by atoms with Gasteiger partial charge in [0.05, 0.1) is 0 Å². The normalized spacial score (nSPS) is 18.2. The van der Waals surface area contributed by atoms with Crippen LogP contribution in [0, 0.1) is 5.82 Å². The van der Waals surface area contributed by atoms with Gasteiger partial charge in [0.1, 0.15) is 11.4 Å². The van der Waals surface area contributed by atoms with Gasteiger partial charge in [-0.25, -0.2) is 9.18 Å². The van der Waals surface area contributed by atoms with Gasteiger partial charge in [-0.2, -0.15) is 0 Å². The highest BCUT2D eigenvalue weighted by Crippen LogP contribution is 2.28. The number of carbonyl (C=O) groups is 2. The van der Waals surface area contributed by atoms with Crippen molar-refractivity contribution in [1.82, 2.24) is 5.32 Å². The molecule has 0 radical (unpaired) electrons. The Morgan fingerprint density at radius 1 is 1.26 bits per heavy atom. The molecular weight excluding hydrogens is 299 g/mol. The van der Waals surface area contributed by atoms with Gasteiger partial charge in [0.25, 0.3) is 0 Å². The van der Waals surface area contributed by atoms with E-state index in [4.69, 9.17) is 5.73 Å². The van der Waals surface area contributed by atoms with Crippen molar-refractivity contribution in [3.63, 3.8) is 0 Å². The third-order valence-electron chi connectivity index (χ3n) is 4.38. The first-order valence-electron chi connectivity index (χ1n) is 7.96. The van der Waals surface area contributed by atoms with Crippen molar-refractivity contribution in [2.75, 3.05) is 0 Å². The van der Waals surface area contributed by atoms with E-state index in [1.165, 1.54) is 6.07 Å². The molecule has 1 aliphatic rings. The largest absolute Gasteiger partial charge is 0.480 e. The van der Waals surface area contributed by atoms with E-state index < -0.39 is 23.5 Å². The number of nitrogens with one attached hydrogen (secondary N) is 1. The van der Waals surface area contributed by atoms with Gasteiger partial charge in [0.2, 0.25) is 5.91 Å². The molecule has 0 bridgehead atoms. The molecular formula is C17H23FN2O3. The maximum Gasteiger partial charge on any atom is 0.329 e. The topological polar surface area (TPSA) is 92.4 Å². The summed E-state index contributed by atoms with van der Waals surface area (Å²) in [6, 6.07) is 5.74. The number of hydrogen-bond donors (Lipinski definition) is 3. The van der Waals surface area contributed by atoms with Crippen molar-refractivity contribution in [2.24, 2.45) is 5.73 Å². The number of carbonyl (C=O) groups excluding carboxylic acids is 1. The van der Waals surface area contributed by atoms with Crippen LogP contribution >= 0.6 is 0 Å². The van der Waals surface area contributed by atoms with Crippen LogP contribution in [0.5, 0.6) is 0 Å². The summed E-state index contributed by atoms with van der Waals surface area (Å²) in [4.78, 5) is 23.7. The Hall–Kier alpha value is -1.95. The Morgan fingerprint density at radius 2 is 1.91 bits per heavy atom. The van der Waals surface area contributed by atoms with E-state index in [2.05, 4.69) is 5.32 Å². The summed E-state index contributed by atoms with van der Waals surface area (Å²) in [5.74, 6) is -1.73. The van der Waals surface area contributed by atoms with Crippen LogP contribution in [0.1, 0.15) is 44.1 Å². The summed E-state index contributed by atoms with van der Waals surface area (Å²) in [6.07, 6.45) is 3.65. The molecule has 23 heavy (non-hydrogen) atoms. The van der Waals surface area contributed by atoms with E-state index in [0.29, 0.717) is 18.4 Å². The second kappa shape index (κ2) is 7.55. The lowest BCUT2D eigenvalue weighted by atomic mass is 9.81. The van der Waals surface area contributed by atoms with Gasteiger partial charge in [0, 0.05) is 12.5 Å². The quantitative estimate of drug-likeness (QED) is 0.747. The summed E-state index contributed by atoms with van der Waals surface area (Å²) in [5.41, 5.74) is 5.21. The lowest BCUT2D eigenvalue weighted by Gasteiger charge is -2.34. The van der Waals surface area contributed by atoms with Crippen molar-refractivity contribution in [3.05, 3.63) is 35.6 Å². The monoisotopic (exact) mass is 322 g/mol. The molecule has 1 aromatic rings. The van der Waals surface area contributed by atoms with Gasteiger partial charge in [-0.3, -0.25) is 4.79 Å². The molecule has 0 saturated heterocycles. The zero-order valence-electron chi connectivity index (χ0n) is 13.1. The highest BCUT2D eigenvalue weighted by Gasteiger charge is 2.40. The molecule has 0 aromatic heterocycles. The Kier molecular flexibility index (Phi) is 5.71. The average molecular weight is 322 g/mol. The van der Waals surface area contributed by atoms with Crippen LogP contribution in [0.3, 0.4) is 0 Å². The Bertz CT molecular complexity index is 571. The zero-order valence-corrected chi connectivity index (χ0v) is 13.1. The lowest BCUT2D eigenvalue weighted by Crippen LogP contribution is -2.56. The molecule has 126 valence electrons. The maximum absolute atomic E-state index is 13.6. The van der Waals surface area contributed by atoms with Crippen molar-refractivity contribution in [1.29, 1.82) is 0 Å². The molecule has 1 amide bonds. The number of amides is 1. The molecule has 4 N–H and O–H groups in total. The third kappa shape index (κ3) is 4.51. The lowest BCUT2D eigenvalue weighted by molar-refractivity contribution is -0.149. The SMILES string of the molecule is N[C@@H](CC(=O)NC1(C(=O)O)CCCCC1)Cc1ccccc1F. The van der Waals surface area contributed by atoms with Crippen molar-refractivity contribution in [2.45, 2.75) is 56.5 Å². The molecule has 1 atom stereocenters. The Labute approximate surface area is 135 Å². The van der Waals surface area contributed by atoms with E-state index in [1.807, 2.05) is 0 Å². The number of carboxylic acids is 1. The van der Waals surface area contributed by atoms with Crippen molar-refractivity contribution in [3.8, 4) is 0 Å². The number of rotatable bonds is 6. The van der Waals surface area contributed by atoms with Crippen molar-refractivity contribution >= 4 is 11.9 Å². The fourth-order valence-electron chi connectivity index (χ4n) is 3.12. The summed E-state index contributed by atoms with van der Waals surface area (Å²) < 4.78 is 13.6. The number of aliphatic carboxylic acids is 1. The van der Waals surface area contributed by atoms with Gasteiger partial charge in [-0.15, -0.1) is 0 Å². The van der Waals surface area contributed by atoms with Crippen LogP contribution < -0.4 is 11.1 Å². The first kappa shape index (κ1) is 17.4. The maximum atomic E-state index is 13.6. The minimum atomic E-state index is -1.17. The van der Waals surface area contributed by atoms with Gasteiger partial charge >= 0.3 is 5.97 Å². The third-order valence-corrected chi connectivity index (χ3v) is 4.38. The van der Waals surface area contributed by atoms with Crippen LogP contribution in [-0.4, -0.2) is 28.6 Å². The molecule has 5 nitrogen and oxygen atoms in total. The number of benzene rings is 1. The highest BCUT2D eigenvalue weighted by atomic mass is 19.1. The molecule has 1 aromatic carbocycles. The predicted octanol–water partition coefficient (Wildman–Crippen LogP) is 1.99. The molecule has 6 heteroatoms. The van der Waals surface area contributed by atoms with E-state index in [0.717, 1.165) is 19.3 Å². The van der Waals surface area contributed by atoms with Gasteiger partial charge in [-0.05, 0) is 30.9 Å². The zero-order chi connectivity index (χ0) is 16.9. The summed E-state index contributed by atoms with van der Waals surface area (Å²) >= 11 is 0. The molecule has 1 saturated carbocycles. The molecule has 0 spiro atoms. The number of hydrogen-bond acceptors (Lipinski definition) is 3. The van der Waals surface area contributed by atoms with Gasteiger partial charge in [-0.1, -0.05) is 37.5 Å². The first-order chi connectivity index (χ1) is 10.9. The molecule has 0 heterocycles. The fraction of sp³-hybridized carbons (Fsp3) is 0.529. The highest BCUT2D eigenvalue weighted by molar-refractivity contribution is 5.87. The Balaban J connectivity index is 1.93. The average Bonchev–Trinajstić information content (AvgIpc) is 2.50. The molecule has 0 unspecified atom stereocenters. The van der Waals surface area contributed by atoms with Gasteiger partial charge in [0.15, 0.2) is 0 Å². The number of halogens is 1. The van der Waals surface area contributed by atoms with Crippen LogP contribution in [0.2, 0.25) is 0 Å². The summed E-state index contributed by atoms with van der Waals surface area (Å²) in [6.45, 7) is 0. The van der Waals surface area contributed by atoms with E-state index in [1.54, 1.807) is 18.2 Å². The van der Waals surface area contributed by atoms with E-state index >= 15 is 0 Å². The summed E-state index contributed by atoms with van der Waals surface area (Å²) in [5, 5.41) is 12.1. The minimum absolute atomic E-state index is 0.0244. The van der Waals surface area contributed by atoms with Crippen molar-refractivity contribution < 1.29 is 19.1 Å². The standard InChI is InChI=1S/C17H23FN2O3/c18-14-7-3-2-6-12(14)10-13(19)11-15(21)20-17(16(22)23)8-4-1-5-9-17/h2-3,6-7,13H,1,4-5,8-11,19H2,(H,20,21)(H,22,23)/t13-/m1/s1. The molecule has 2 rings (SSSR count). The van der Waals surface area contributed by atoms with E-state index in [9.17, 15) is 19.1 Å². The number of nitrogens with two attached hydrogens (primary N) is 1. The Morgan fingerprint density at radius 3 is 2.52 bits per heavy atom. The van der Waals surface area contributed by atoms with Crippen LogP contribution in [0.25, 0.3) is 0 Å². The first-order valence-corrected chi connectivity index (χ1v) is 7.96. The number of carboxylic acid groups (broad SMARTS) is 1. The van der Waals surface area contributed by atoms with Crippen LogP contribution in [0.15, 0.2) is 24.3 Å². The minimum Gasteiger partial charge on any atom is -0.480 e. The fourth-order valence-corrected chi connectivity index (χ4v) is 3.12. The molecule has 1 fully saturated rings. The van der Waals surface area contributed by atoms with Gasteiger partial charge < -0.3 is 16.2 Å². The predicted molar refractivity (Wildman–Crippen MR) is 84.3 cm³/mol. The van der Waals surface area contributed by atoms with Crippen LogP contribution in [0.4, 0.5) is 4.39 Å². The summed E-state index contributed by atoms with van der Waals surface area (Å²) in [7, 11) is 0. The smallest absolute Gasteiger partial charge is 0.329 e. The molecule has 1 aliphatic carbocycles. The molecule has 0 aliphatic heterocycles. The van der Waals surface area contributed by atoms with Crippen LogP contribution in [-0.2, 0) is 16.0 Å². The second-order valence-electron chi connectivity index (χ2n) is 6.26.